The van der Waals surface area contributed by atoms with Crippen LogP contribution >= 0.6 is 0 Å². The number of halogens is 3. The van der Waals surface area contributed by atoms with Crippen molar-refractivity contribution < 1.29 is 26.4 Å². The van der Waals surface area contributed by atoms with Crippen molar-refractivity contribution in [3.05, 3.63) is 58.4 Å². The number of nitrogens with zero attached hydrogens (tertiary/aromatic N) is 2. The average molecular weight is 423 g/mol. The summed E-state index contributed by atoms with van der Waals surface area (Å²) < 4.78 is 64.4. The number of hydrogen-bond acceptors (Lipinski definition) is 5. The van der Waals surface area contributed by atoms with Crippen molar-refractivity contribution in [2.75, 3.05) is 13.3 Å². The first kappa shape index (κ1) is 19.6. The fourth-order valence-electron chi connectivity index (χ4n) is 4.20. The van der Waals surface area contributed by atoms with E-state index >= 15 is 0 Å². The highest BCUT2D eigenvalue weighted by Crippen LogP contribution is 2.48. The average Bonchev–Trinajstić information content (AvgIpc) is 3.03. The summed E-state index contributed by atoms with van der Waals surface area (Å²) >= 11 is 0. The number of sulfone groups is 1. The predicted octanol–water partition coefficient (Wildman–Crippen LogP) is 2.24. The molecule has 0 bridgehead atoms. The van der Waals surface area contributed by atoms with Crippen LogP contribution in [0.1, 0.15) is 34.5 Å². The topological polar surface area (TPSA) is 88.5 Å². The first-order chi connectivity index (χ1) is 13.5. The number of hydrogen-bond donors (Lipinski definition) is 1. The molecule has 6 nitrogen and oxygen atoms in total. The number of carbonyl (C=O) groups excluding carboxylic acids is 1. The van der Waals surface area contributed by atoms with Crippen molar-refractivity contribution in [1.82, 2.24) is 10.3 Å². The van der Waals surface area contributed by atoms with E-state index in [0.29, 0.717) is 11.1 Å². The van der Waals surface area contributed by atoms with E-state index in [4.69, 9.17) is 0 Å². The first-order valence-corrected chi connectivity index (χ1v) is 10.6. The molecule has 1 aliphatic carbocycles. The zero-order valence-corrected chi connectivity index (χ0v) is 16.3. The number of benzene rings is 1. The molecule has 2 heterocycles. The van der Waals surface area contributed by atoms with Gasteiger partial charge in [0.1, 0.15) is 16.9 Å². The van der Waals surface area contributed by atoms with Crippen molar-refractivity contribution in [1.29, 1.82) is 0 Å². The maximum atomic E-state index is 13.4. The summed E-state index contributed by atoms with van der Waals surface area (Å²) in [5, 5.41) is 2.65. The summed E-state index contributed by atoms with van der Waals surface area (Å²) in [5.74, 6) is -0.439. The van der Waals surface area contributed by atoms with Gasteiger partial charge in [0.05, 0.1) is 10.6 Å². The Morgan fingerprint density at radius 2 is 1.93 bits per heavy atom. The molecule has 152 valence electrons. The van der Waals surface area contributed by atoms with Crippen LogP contribution in [0.4, 0.5) is 13.2 Å². The smallest absolute Gasteiger partial charge is 0.309 e. The number of aromatic nitrogens is 1. The van der Waals surface area contributed by atoms with Gasteiger partial charge in [0.2, 0.25) is 5.91 Å². The van der Waals surface area contributed by atoms with Crippen LogP contribution in [-0.2, 0) is 32.6 Å². The van der Waals surface area contributed by atoms with Gasteiger partial charge in [0.15, 0.2) is 9.84 Å². The zero-order chi connectivity index (χ0) is 21.2. The Bertz CT molecular complexity index is 1190. The summed E-state index contributed by atoms with van der Waals surface area (Å²) in [6.45, 7) is 0. The minimum absolute atomic E-state index is 0.0546. The van der Waals surface area contributed by atoms with Crippen molar-refractivity contribution >= 4 is 21.6 Å². The second kappa shape index (κ2) is 6.12. The van der Waals surface area contributed by atoms with Crippen LogP contribution in [0.3, 0.4) is 0 Å². The number of pyridine rings is 1. The summed E-state index contributed by atoms with van der Waals surface area (Å²) in [7, 11) is -2.16. The zero-order valence-electron chi connectivity index (χ0n) is 15.5. The summed E-state index contributed by atoms with van der Waals surface area (Å²) in [4.78, 5) is 21.1. The minimum atomic E-state index is -4.69. The lowest BCUT2D eigenvalue weighted by Gasteiger charge is -2.35. The molecule has 0 unspecified atom stereocenters. The third-order valence-electron chi connectivity index (χ3n) is 5.43. The fraction of sp³-hybridized carbons (Fsp3) is 0.316. The van der Waals surface area contributed by atoms with Gasteiger partial charge in [-0.05, 0) is 42.2 Å². The third kappa shape index (κ3) is 2.77. The van der Waals surface area contributed by atoms with Crippen LogP contribution in [0, 0.1) is 0 Å². The molecule has 1 amide bonds. The molecule has 0 saturated heterocycles. The molecular formula is C19H16F3N3O3S. The largest absolute Gasteiger partial charge is 0.433 e. The lowest BCUT2D eigenvalue weighted by atomic mass is 9.73. The van der Waals surface area contributed by atoms with E-state index in [0.717, 1.165) is 12.3 Å². The summed E-state index contributed by atoms with van der Waals surface area (Å²) in [6.07, 6.45) is -3.30. The molecule has 0 radical (unpaired) electrons. The van der Waals surface area contributed by atoms with Crippen LogP contribution < -0.4 is 5.32 Å². The van der Waals surface area contributed by atoms with Crippen LogP contribution in [-0.4, -0.2) is 38.4 Å². The Hall–Kier alpha value is -2.75. The van der Waals surface area contributed by atoms with Gasteiger partial charge in [-0.15, -0.1) is 0 Å². The van der Waals surface area contributed by atoms with Crippen molar-refractivity contribution in [2.45, 2.75) is 29.3 Å². The summed E-state index contributed by atoms with van der Waals surface area (Å²) in [5.41, 5.74) is -1.60. The van der Waals surface area contributed by atoms with E-state index in [1.54, 1.807) is 6.07 Å². The minimum Gasteiger partial charge on any atom is -0.309 e. The maximum absolute atomic E-state index is 13.4. The number of fused-ring (bicyclic) bond motifs is 4. The van der Waals surface area contributed by atoms with E-state index in [2.05, 4.69) is 15.3 Å². The highest BCUT2D eigenvalue weighted by molar-refractivity contribution is 7.90. The second-order valence-electron chi connectivity index (χ2n) is 7.08. The third-order valence-corrected chi connectivity index (χ3v) is 6.61. The molecule has 2 aromatic rings. The van der Waals surface area contributed by atoms with Gasteiger partial charge in [-0.1, -0.05) is 12.1 Å². The SMILES string of the molecule is CN=C1NC(=O)[C@@]2(CCc3c2cccc3S(C)(=O)=O)c2nc(C(F)(F)F)ccc21. The van der Waals surface area contributed by atoms with Crippen LogP contribution in [0.5, 0.6) is 0 Å². The van der Waals surface area contributed by atoms with Crippen molar-refractivity contribution in [3.63, 3.8) is 0 Å². The molecule has 1 N–H and O–H groups in total. The van der Waals surface area contributed by atoms with E-state index in [9.17, 15) is 26.4 Å². The standard InChI is InChI=1S/C19H16F3N3O3S/c1-23-16-11-6-7-14(19(20,21)22)24-15(11)18(17(26)25-16)9-8-10-12(18)4-3-5-13(10)29(2,27)28/h3-7H,8-9H2,1-2H3,(H,23,25,26)/t18-/m1/s1. The molecule has 0 fully saturated rings. The first-order valence-electron chi connectivity index (χ1n) is 8.70. The Labute approximate surface area is 164 Å². The maximum Gasteiger partial charge on any atom is 0.433 e. The van der Waals surface area contributed by atoms with Gasteiger partial charge >= 0.3 is 6.18 Å². The molecule has 4 rings (SSSR count). The lowest BCUT2D eigenvalue weighted by Crippen LogP contribution is -2.52. The van der Waals surface area contributed by atoms with Gasteiger partial charge in [-0.2, -0.15) is 13.2 Å². The normalized spacial score (nSPS) is 22.5. The Balaban J connectivity index is 2.07. The van der Waals surface area contributed by atoms with E-state index < -0.39 is 33.0 Å². The van der Waals surface area contributed by atoms with Gasteiger partial charge in [0, 0.05) is 18.9 Å². The van der Waals surface area contributed by atoms with Gasteiger partial charge in [-0.3, -0.25) is 9.79 Å². The van der Waals surface area contributed by atoms with Gasteiger partial charge in [0.25, 0.3) is 0 Å². The molecule has 10 heteroatoms. The van der Waals surface area contributed by atoms with Gasteiger partial charge < -0.3 is 5.32 Å². The number of carbonyl (C=O) groups is 1. The van der Waals surface area contributed by atoms with E-state index in [1.807, 2.05) is 0 Å². The molecule has 1 aromatic heterocycles. The quantitative estimate of drug-likeness (QED) is 0.762. The van der Waals surface area contributed by atoms with Crippen LogP contribution in [0.2, 0.25) is 0 Å². The summed E-state index contributed by atoms with van der Waals surface area (Å²) in [6, 6.07) is 6.60. The molecule has 0 saturated carbocycles. The van der Waals surface area contributed by atoms with E-state index in [1.165, 1.54) is 25.2 Å². The van der Waals surface area contributed by atoms with Crippen LogP contribution in [0.25, 0.3) is 0 Å². The van der Waals surface area contributed by atoms with Crippen molar-refractivity contribution in [3.8, 4) is 0 Å². The lowest BCUT2D eigenvalue weighted by molar-refractivity contribution is -0.141. The molecule has 1 aromatic carbocycles. The molecule has 29 heavy (non-hydrogen) atoms. The van der Waals surface area contributed by atoms with Crippen molar-refractivity contribution in [2.24, 2.45) is 4.99 Å². The highest BCUT2D eigenvalue weighted by atomic mass is 32.2. The number of aliphatic imine (C=N–C) groups is 1. The number of amidine groups is 1. The van der Waals surface area contributed by atoms with Crippen LogP contribution in [0.15, 0.2) is 40.2 Å². The second-order valence-corrected chi connectivity index (χ2v) is 9.06. The van der Waals surface area contributed by atoms with Gasteiger partial charge in [-0.25, -0.2) is 13.4 Å². The van der Waals surface area contributed by atoms with E-state index in [-0.39, 0.29) is 34.8 Å². The molecule has 1 spiro atoms. The highest BCUT2D eigenvalue weighted by Gasteiger charge is 2.54. The number of amides is 1. The molecule has 1 atom stereocenters. The molecule has 1 aliphatic heterocycles. The monoisotopic (exact) mass is 423 g/mol. The Morgan fingerprint density at radius 1 is 1.21 bits per heavy atom. The number of alkyl halides is 3. The fourth-order valence-corrected chi connectivity index (χ4v) is 5.18. The molecule has 2 aliphatic rings. The number of nitrogens with one attached hydrogen (secondary N) is 1. The number of rotatable bonds is 1. The predicted molar refractivity (Wildman–Crippen MR) is 98.5 cm³/mol. The molecular weight excluding hydrogens is 407 g/mol. The Morgan fingerprint density at radius 3 is 2.55 bits per heavy atom. The Kier molecular flexibility index (Phi) is 4.13.